The van der Waals surface area contributed by atoms with Crippen molar-refractivity contribution in [3.8, 4) is 0 Å². The van der Waals surface area contributed by atoms with E-state index in [4.69, 9.17) is 5.84 Å². The van der Waals surface area contributed by atoms with E-state index in [1.165, 1.54) is 0 Å². The third-order valence-electron chi connectivity index (χ3n) is 3.10. The van der Waals surface area contributed by atoms with Gasteiger partial charge in [-0.05, 0) is 31.6 Å². The summed E-state index contributed by atoms with van der Waals surface area (Å²) in [7, 11) is 0. The van der Waals surface area contributed by atoms with Crippen molar-refractivity contribution in [2.24, 2.45) is 5.84 Å². The van der Waals surface area contributed by atoms with Crippen molar-refractivity contribution in [1.29, 1.82) is 0 Å². The largest absolute Gasteiger partial charge is 0.378 e. The van der Waals surface area contributed by atoms with E-state index in [2.05, 4.69) is 29.5 Å². The fourth-order valence-corrected chi connectivity index (χ4v) is 2.09. The van der Waals surface area contributed by atoms with Crippen LogP contribution < -0.4 is 16.6 Å². The second-order valence-electron chi connectivity index (χ2n) is 4.46. The lowest BCUT2D eigenvalue weighted by molar-refractivity contribution is -0.383. The first-order chi connectivity index (χ1) is 9.63. The normalized spacial score (nSPS) is 10.6. The second-order valence-corrected chi connectivity index (χ2v) is 4.46. The minimum absolute atomic E-state index is 0.0199. The van der Waals surface area contributed by atoms with Crippen LogP contribution in [0.2, 0.25) is 0 Å². The molecule has 0 aromatic heterocycles. The molecule has 0 saturated heterocycles. The lowest BCUT2D eigenvalue weighted by Crippen LogP contribution is -2.29. The van der Waals surface area contributed by atoms with Gasteiger partial charge in [0, 0.05) is 13.1 Å². The maximum Gasteiger partial charge on any atom is 0.316 e. The van der Waals surface area contributed by atoms with Gasteiger partial charge < -0.3 is 15.6 Å². The Labute approximate surface area is 119 Å². The van der Waals surface area contributed by atoms with Crippen molar-refractivity contribution < 1.29 is 4.92 Å². The number of benzene rings is 1. The molecule has 0 bridgehead atoms. The Bertz CT molecular complexity index is 439. The smallest absolute Gasteiger partial charge is 0.316 e. The number of hydrogen-bond donors (Lipinski definition) is 3. The molecule has 0 saturated carbocycles. The summed E-state index contributed by atoms with van der Waals surface area (Å²) in [6, 6.07) is 5.00. The molecule has 1 aromatic carbocycles. The summed E-state index contributed by atoms with van der Waals surface area (Å²) in [6.45, 7) is 7.76. The van der Waals surface area contributed by atoms with Crippen LogP contribution in [0.5, 0.6) is 0 Å². The fraction of sp³-hybridized carbons (Fsp3) is 0.538. The van der Waals surface area contributed by atoms with Crippen LogP contribution in [0.1, 0.15) is 20.3 Å². The number of nitrogens with zero attached hydrogens (tertiary/aromatic N) is 2. The van der Waals surface area contributed by atoms with E-state index in [-0.39, 0.29) is 5.69 Å². The van der Waals surface area contributed by atoms with Crippen LogP contribution in [-0.2, 0) is 0 Å². The summed E-state index contributed by atoms with van der Waals surface area (Å²) < 4.78 is 0. The number of para-hydroxylation sites is 1. The van der Waals surface area contributed by atoms with E-state index in [0.717, 1.165) is 26.1 Å². The molecule has 0 fully saturated rings. The molecule has 112 valence electrons. The molecule has 20 heavy (non-hydrogen) atoms. The number of nitro groups is 1. The number of nitro benzene ring substituents is 1. The van der Waals surface area contributed by atoms with Crippen molar-refractivity contribution >= 4 is 17.1 Å². The molecule has 0 spiro atoms. The molecule has 1 rings (SSSR count). The van der Waals surface area contributed by atoms with E-state index in [1.807, 2.05) is 0 Å². The average Bonchev–Trinajstić information content (AvgIpc) is 2.45. The van der Waals surface area contributed by atoms with Gasteiger partial charge in [-0.1, -0.05) is 19.9 Å². The number of nitrogens with two attached hydrogens (primary N) is 1. The van der Waals surface area contributed by atoms with Gasteiger partial charge in [-0.25, -0.2) is 0 Å². The number of hydrogen-bond acceptors (Lipinski definition) is 6. The molecule has 4 N–H and O–H groups in total. The third-order valence-corrected chi connectivity index (χ3v) is 3.10. The Hall–Kier alpha value is -1.86. The number of hydrazine groups is 1. The van der Waals surface area contributed by atoms with Crippen LogP contribution in [0.3, 0.4) is 0 Å². The molecular weight excluding hydrogens is 258 g/mol. The summed E-state index contributed by atoms with van der Waals surface area (Å²) in [6.07, 6.45) is 1.10. The van der Waals surface area contributed by atoms with Crippen molar-refractivity contribution in [3.63, 3.8) is 0 Å². The number of anilines is 2. The number of nitrogens with one attached hydrogen (secondary N) is 2. The number of likely N-dealkylation sites (N-methyl/N-ethyl adjacent to an activating group) is 1. The standard InChI is InChI=1S/C13H23N5O2/c1-3-9-17(4-2)10-8-15-11-6-5-7-12(16-14)13(11)18(19)20/h5-7,15-16H,3-4,8-10,14H2,1-2H3. The zero-order valence-electron chi connectivity index (χ0n) is 12.1. The van der Waals surface area contributed by atoms with Crippen molar-refractivity contribution in [1.82, 2.24) is 4.90 Å². The van der Waals surface area contributed by atoms with Crippen LogP contribution in [0.25, 0.3) is 0 Å². The number of nitrogen functional groups attached to an aromatic ring is 1. The minimum atomic E-state index is -0.429. The van der Waals surface area contributed by atoms with Crippen LogP contribution >= 0.6 is 0 Å². The van der Waals surface area contributed by atoms with E-state index < -0.39 is 4.92 Å². The summed E-state index contributed by atoms with van der Waals surface area (Å²) in [5.74, 6) is 5.30. The van der Waals surface area contributed by atoms with E-state index in [1.54, 1.807) is 18.2 Å². The SMILES string of the molecule is CCCN(CC)CCNc1cccc(NN)c1[N+](=O)[O-]. The Morgan fingerprint density at radius 2 is 2.00 bits per heavy atom. The van der Waals surface area contributed by atoms with Crippen LogP contribution in [0, 0.1) is 10.1 Å². The molecule has 0 heterocycles. The predicted molar refractivity (Wildman–Crippen MR) is 81.8 cm³/mol. The summed E-state index contributed by atoms with van der Waals surface area (Å²) in [5.41, 5.74) is 3.13. The van der Waals surface area contributed by atoms with Gasteiger partial charge in [0.2, 0.25) is 0 Å². The predicted octanol–water partition coefficient (Wildman–Crippen LogP) is 2.02. The minimum Gasteiger partial charge on any atom is -0.378 e. The van der Waals surface area contributed by atoms with Crippen LogP contribution in [-0.4, -0.2) is 36.0 Å². The average molecular weight is 281 g/mol. The first-order valence-corrected chi connectivity index (χ1v) is 6.84. The lowest BCUT2D eigenvalue weighted by atomic mass is 10.2. The van der Waals surface area contributed by atoms with E-state index in [0.29, 0.717) is 17.9 Å². The van der Waals surface area contributed by atoms with Gasteiger partial charge in [-0.15, -0.1) is 0 Å². The van der Waals surface area contributed by atoms with Gasteiger partial charge in [0.25, 0.3) is 0 Å². The Morgan fingerprint density at radius 1 is 1.30 bits per heavy atom. The monoisotopic (exact) mass is 281 g/mol. The summed E-state index contributed by atoms with van der Waals surface area (Å²) >= 11 is 0. The highest BCUT2D eigenvalue weighted by molar-refractivity contribution is 5.75. The maximum atomic E-state index is 11.1. The highest BCUT2D eigenvalue weighted by Crippen LogP contribution is 2.31. The molecule has 7 heteroatoms. The highest BCUT2D eigenvalue weighted by atomic mass is 16.6. The Balaban J connectivity index is 2.70. The second kappa shape index (κ2) is 8.34. The summed E-state index contributed by atoms with van der Waals surface area (Å²) in [4.78, 5) is 13.0. The zero-order chi connectivity index (χ0) is 15.0. The quantitative estimate of drug-likeness (QED) is 0.364. The van der Waals surface area contributed by atoms with Gasteiger partial charge >= 0.3 is 5.69 Å². The Kier molecular flexibility index (Phi) is 6.75. The maximum absolute atomic E-state index is 11.1. The van der Waals surface area contributed by atoms with E-state index in [9.17, 15) is 10.1 Å². The molecule has 0 unspecified atom stereocenters. The van der Waals surface area contributed by atoms with Gasteiger partial charge in [-0.3, -0.25) is 16.0 Å². The molecule has 1 aromatic rings. The van der Waals surface area contributed by atoms with Crippen LogP contribution in [0.4, 0.5) is 17.1 Å². The topological polar surface area (TPSA) is 96.5 Å². The molecule has 0 aliphatic heterocycles. The van der Waals surface area contributed by atoms with Crippen molar-refractivity contribution in [3.05, 3.63) is 28.3 Å². The van der Waals surface area contributed by atoms with Gasteiger partial charge in [0.1, 0.15) is 11.4 Å². The molecule has 0 aliphatic carbocycles. The summed E-state index contributed by atoms with van der Waals surface area (Å²) in [5, 5.41) is 14.2. The van der Waals surface area contributed by atoms with Gasteiger partial charge in [0.15, 0.2) is 0 Å². The Morgan fingerprint density at radius 3 is 2.55 bits per heavy atom. The molecule has 0 atom stereocenters. The van der Waals surface area contributed by atoms with Crippen molar-refractivity contribution in [2.75, 3.05) is 36.9 Å². The molecule has 7 nitrogen and oxygen atoms in total. The van der Waals surface area contributed by atoms with E-state index >= 15 is 0 Å². The first kappa shape index (κ1) is 16.2. The fourth-order valence-electron chi connectivity index (χ4n) is 2.09. The number of rotatable bonds is 9. The molecule has 0 aliphatic rings. The highest BCUT2D eigenvalue weighted by Gasteiger charge is 2.18. The molecule has 0 radical (unpaired) electrons. The van der Waals surface area contributed by atoms with Crippen molar-refractivity contribution in [2.45, 2.75) is 20.3 Å². The third kappa shape index (κ3) is 4.36. The first-order valence-electron chi connectivity index (χ1n) is 6.84. The zero-order valence-corrected chi connectivity index (χ0v) is 12.1. The van der Waals surface area contributed by atoms with Gasteiger partial charge in [-0.2, -0.15) is 0 Å². The lowest BCUT2D eigenvalue weighted by Gasteiger charge is -2.20. The molecular formula is C13H23N5O2. The van der Waals surface area contributed by atoms with Crippen LogP contribution in [0.15, 0.2) is 18.2 Å². The van der Waals surface area contributed by atoms with Gasteiger partial charge in [0.05, 0.1) is 4.92 Å². The molecule has 0 amide bonds.